The minimum atomic E-state index is -0.117. The standard InChI is InChI=1S/C3H8BOSi/c1-2-4-6-5-3-1/h1-3,6H2. The van der Waals surface area contributed by atoms with Crippen LogP contribution < -0.4 is 0 Å². The minimum Gasteiger partial charge on any atom is -0.433 e. The third-order valence-electron chi connectivity index (χ3n) is 0.933. The summed E-state index contributed by atoms with van der Waals surface area (Å²) in [7, 11) is -0.117. The highest BCUT2D eigenvalue weighted by Gasteiger charge is 1.97. The molecule has 0 N–H and O–H groups in total. The molecule has 1 radical (unpaired) electrons. The first-order chi connectivity index (χ1) is 3.00. The van der Waals surface area contributed by atoms with Gasteiger partial charge in [-0.3, -0.25) is 0 Å². The highest BCUT2D eigenvalue weighted by molar-refractivity contribution is 6.97. The Morgan fingerprint density at radius 1 is 1.67 bits per heavy atom. The molecule has 3 heteroatoms. The van der Waals surface area contributed by atoms with E-state index in [-0.39, 0.29) is 9.63 Å². The van der Waals surface area contributed by atoms with Crippen molar-refractivity contribution < 1.29 is 4.43 Å². The van der Waals surface area contributed by atoms with E-state index >= 15 is 0 Å². The van der Waals surface area contributed by atoms with Gasteiger partial charge in [0.15, 0.2) is 0 Å². The fraction of sp³-hybridized carbons (Fsp3) is 1.00. The van der Waals surface area contributed by atoms with E-state index < -0.39 is 0 Å². The van der Waals surface area contributed by atoms with Crippen molar-refractivity contribution >= 4 is 16.5 Å². The van der Waals surface area contributed by atoms with Crippen molar-refractivity contribution in [3.8, 4) is 0 Å². The maximum atomic E-state index is 5.15. The van der Waals surface area contributed by atoms with Crippen LogP contribution in [0.1, 0.15) is 6.42 Å². The van der Waals surface area contributed by atoms with Gasteiger partial charge in [-0.2, -0.15) is 0 Å². The quantitative estimate of drug-likeness (QED) is 0.373. The molecule has 1 nitrogen and oxygen atoms in total. The van der Waals surface area contributed by atoms with Crippen molar-refractivity contribution in [2.45, 2.75) is 12.7 Å². The Hall–Kier alpha value is 0.242. The van der Waals surface area contributed by atoms with Gasteiger partial charge in [-0.15, -0.1) is 0 Å². The number of hydrogen-bond acceptors (Lipinski definition) is 1. The van der Waals surface area contributed by atoms with Gasteiger partial charge in [-0.25, -0.2) is 0 Å². The summed E-state index contributed by atoms with van der Waals surface area (Å²) >= 11 is 0. The van der Waals surface area contributed by atoms with Crippen LogP contribution in [0.3, 0.4) is 0 Å². The van der Waals surface area contributed by atoms with Crippen LogP contribution >= 0.6 is 0 Å². The van der Waals surface area contributed by atoms with Gasteiger partial charge in [0.25, 0.3) is 0 Å². The lowest BCUT2D eigenvalue weighted by atomic mass is 10.0. The van der Waals surface area contributed by atoms with E-state index in [2.05, 4.69) is 6.87 Å². The van der Waals surface area contributed by atoms with Crippen LogP contribution in [0.2, 0.25) is 6.32 Å². The maximum Gasteiger partial charge on any atom is 0.130 e. The topological polar surface area (TPSA) is 9.23 Å². The Bertz CT molecular complexity index is 26.3. The molecule has 0 amide bonds. The van der Waals surface area contributed by atoms with Gasteiger partial charge in [0.2, 0.25) is 0 Å². The molecule has 1 rings (SSSR count). The predicted molar refractivity (Wildman–Crippen MR) is 29.7 cm³/mol. The van der Waals surface area contributed by atoms with E-state index in [9.17, 15) is 0 Å². The van der Waals surface area contributed by atoms with Gasteiger partial charge in [-0.1, -0.05) is 6.32 Å². The van der Waals surface area contributed by atoms with Crippen LogP contribution in [0.25, 0.3) is 0 Å². The van der Waals surface area contributed by atoms with Gasteiger partial charge in [0.05, 0.1) is 0 Å². The zero-order valence-electron chi connectivity index (χ0n) is 3.81. The summed E-state index contributed by atoms with van der Waals surface area (Å²) in [6.45, 7) is 3.34. The molecule has 0 saturated carbocycles. The largest absolute Gasteiger partial charge is 0.433 e. The van der Waals surface area contributed by atoms with Crippen molar-refractivity contribution in [1.82, 2.24) is 0 Å². The van der Waals surface area contributed by atoms with Crippen LogP contribution in [0.15, 0.2) is 0 Å². The Labute approximate surface area is 41.2 Å². The van der Waals surface area contributed by atoms with Crippen LogP contribution in [0, 0.1) is 0 Å². The molecule has 0 spiro atoms. The molecule has 1 aliphatic heterocycles. The van der Waals surface area contributed by atoms with Crippen LogP contribution in [-0.4, -0.2) is 23.1 Å². The third kappa shape index (κ3) is 1.14. The van der Waals surface area contributed by atoms with E-state index in [0.717, 1.165) is 6.61 Å². The number of hydrogen-bond donors (Lipinski definition) is 0. The van der Waals surface area contributed by atoms with Crippen molar-refractivity contribution in [2.75, 3.05) is 6.61 Å². The molecular formula is C3H8BOSi. The second kappa shape index (κ2) is 2.42. The Morgan fingerprint density at radius 3 is 2.83 bits per heavy atom. The van der Waals surface area contributed by atoms with E-state index in [1.807, 2.05) is 0 Å². The summed E-state index contributed by atoms with van der Waals surface area (Å²) < 4.78 is 5.15. The summed E-state index contributed by atoms with van der Waals surface area (Å²) in [5.41, 5.74) is 0. The first-order valence-corrected chi connectivity index (χ1v) is 3.79. The monoisotopic (exact) mass is 99.0 g/mol. The van der Waals surface area contributed by atoms with Crippen LogP contribution in [-0.2, 0) is 4.43 Å². The van der Waals surface area contributed by atoms with E-state index in [1.54, 1.807) is 0 Å². The lowest BCUT2D eigenvalue weighted by molar-refractivity contribution is 0.337. The van der Waals surface area contributed by atoms with Gasteiger partial charge >= 0.3 is 0 Å². The lowest BCUT2D eigenvalue weighted by Crippen LogP contribution is -2.15. The highest BCUT2D eigenvalue weighted by atomic mass is 28.2. The molecule has 1 aliphatic rings. The summed E-state index contributed by atoms with van der Waals surface area (Å²) in [5, 5.41) is 0. The summed E-state index contributed by atoms with van der Waals surface area (Å²) in [6.07, 6.45) is 2.57. The second-order valence-corrected chi connectivity index (χ2v) is 2.82. The third-order valence-corrected chi connectivity index (χ3v) is 2.10. The van der Waals surface area contributed by atoms with Crippen LogP contribution in [0.5, 0.6) is 0 Å². The molecule has 0 atom stereocenters. The molecule has 1 saturated heterocycles. The fourth-order valence-electron chi connectivity index (χ4n) is 0.580. The van der Waals surface area contributed by atoms with Crippen molar-refractivity contribution in [3.05, 3.63) is 0 Å². The molecule has 1 heterocycles. The maximum absolute atomic E-state index is 5.15. The lowest BCUT2D eigenvalue weighted by Gasteiger charge is -2.06. The number of rotatable bonds is 0. The molecule has 0 bridgehead atoms. The van der Waals surface area contributed by atoms with Gasteiger partial charge in [-0.05, 0) is 6.42 Å². The second-order valence-electron chi connectivity index (χ2n) is 1.51. The molecule has 0 aromatic rings. The Kier molecular flexibility index (Phi) is 1.78. The van der Waals surface area contributed by atoms with Crippen LogP contribution in [0.4, 0.5) is 0 Å². The molecule has 6 heavy (non-hydrogen) atoms. The molecule has 0 aromatic heterocycles. The minimum absolute atomic E-state index is 0.117. The van der Waals surface area contributed by atoms with E-state index in [0.29, 0.717) is 0 Å². The highest BCUT2D eigenvalue weighted by Crippen LogP contribution is 1.93. The first kappa shape index (κ1) is 4.40. The van der Waals surface area contributed by atoms with E-state index in [1.165, 1.54) is 12.7 Å². The predicted octanol–water partition coefficient (Wildman–Crippen LogP) is -0.472. The SMILES string of the molecule is [B]1CCCO[SiH2]1. The summed E-state index contributed by atoms with van der Waals surface area (Å²) in [4.78, 5) is 0. The Morgan fingerprint density at radius 2 is 2.67 bits per heavy atom. The van der Waals surface area contributed by atoms with Gasteiger partial charge < -0.3 is 4.43 Å². The van der Waals surface area contributed by atoms with Gasteiger partial charge in [0.1, 0.15) is 16.5 Å². The smallest absolute Gasteiger partial charge is 0.130 e. The zero-order valence-corrected chi connectivity index (χ0v) is 5.23. The first-order valence-electron chi connectivity index (χ1n) is 2.39. The van der Waals surface area contributed by atoms with Crippen molar-refractivity contribution in [3.63, 3.8) is 0 Å². The normalized spacial score (nSPS) is 26.7. The van der Waals surface area contributed by atoms with Gasteiger partial charge in [0, 0.05) is 6.61 Å². The molecule has 1 fully saturated rings. The molecule has 0 aliphatic carbocycles. The van der Waals surface area contributed by atoms with E-state index in [4.69, 9.17) is 4.43 Å². The summed E-state index contributed by atoms with van der Waals surface area (Å²) in [6, 6.07) is 0. The molecule has 0 unspecified atom stereocenters. The Balaban J connectivity index is 2.00. The van der Waals surface area contributed by atoms with Crippen molar-refractivity contribution in [2.24, 2.45) is 0 Å². The fourth-order valence-corrected chi connectivity index (χ4v) is 1.57. The average molecular weight is 99.0 g/mol. The zero-order chi connectivity index (χ0) is 4.24. The molecule has 0 aromatic carbocycles. The average Bonchev–Trinajstić information content (AvgIpc) is 1.72. The van der Waals surface area contributed by atoms with Crippen molar-refractivity contribution in [1.29, 1.82) is 0 Å². The molecular weight excluding hydrogens is 90.9 g/mol. The summed E-state index contributed by atoms with van der Waals surface area (Å²) in [5.74, 6) is 0. The molecule has 33 valence electrons.